The van der Waals surface area contributed by atoms with Gasteiger partial charge in [-0.25, -0.2) is 13.4 Å². The van der Waals surface area contributed by atoms with Crippen LogP contribution in [0, 0.1) is 0 Å². The lowest BCUT2D eigenvalue weighted by atomic mass is 10.1. The lowest BCUT2D eigenvalue weighted by Gasteiger charge is -2.28. The predicted molar refractivity (Wildman–Crippen MR) is 104 cm³/mol. The Morgan fingerprint density at radius 1 is 1.07 bits per heavy atom. The van der Waals surface area contributed by atoms with Crippen LogP contribution in [0.25, 0.3) is 0 Å². The Labute approximate surface area is 172 Å². The van der Waals surface area contributed by atoms with Crippen LogP contribution >= 0.6 is 0 Å². The van der Waals surface area contributed by atoms with Crippen LogP contribution in [0.1, 0.15) is 16.1 Å². The Morgan fingerprint density at radius 3 is 2.67 bits per heavy atom. The maximum absolute atomic E-state index is 13.6. The van der Waals surface area contributed by atoms with Crippen LogP contribution in [0.3, 0.4) is 0 Å². The molecule has 2 atom stereocenters. The molecule has 1 amide bonds. The monoisotopic (exact) mass is 426 g/mol. The highest BCUT2D eigenvalue weighted by Crippen LogP contribution is 2.36. The van der Waals surface area contributed by atoms with Crippen molar-refractivity contribution in [1.29, 1.82) is 0 Å². The third-order valence-electron chi connectivity index (χ3n) is 5.31. The maximum Gasteiger partial charge on any atom is 0.292 e. The first-order chi connectivity index (χ1) is 14.5. The van der Waals surface area contributed by atoms with E-state index in [1.54, 1.807) is 6.07 Å². The highest BCUT2D eigenvalue weighted by molar-refractivity contribution is 7.89. The van der Waals surface area contributed by atoms with E-state index in [4.69, 9.17) is 9.26 Å². The third kappa shape index (κ3) is 3.14. The third-order valence-corrected chi connectivity index (χ3v) is 7.19. The number of carbonyl (C=O) groups is 1. The smallest absolute Gasteiger partial charge is 0.292 e. The number of hydrogen-bond donors (Lipinski definition) is 0. The van der Waals surface area contributed by atoms with Gasteiger partial charge in [-0.15, -0.1) is 0 Å². The first-order valence-corrected chi connectivity index (χ1v) is 10.9. The fourth-order valence-electron chi connectivity index (χ4n) is 3.87. The summed E-state index contributed by atoms with van der Waals surface area (Å²) in [5.41, 5.74) is 0.840. The van der Waals surface area contributed by atoms with Gasteiger partial charge in [0.25, 0.3) is 5.91 Å². The minimum atomic E-state index is -3.90. The van der Waals surface area contributed by atoms with E-state index >= 15 is 0 Å². The van der Waals surface area contributed by atoms with Crippen LogP contribution in [0.2, 0.25) is 0 Å². The van der Waals surface area contributed by atoms with Crippen molar-refractivity contribution in [2.45, 2.75) is 23.6 Å². The van der Waals surface area contributed by atoms with Crippen LogP contribution < -0.4 is 4.74 Å². The Kier molecular flexibility index (Phi) is 4.52. The number of nitrogens with zero attached hydrogens (tertiary/aromatic N) is 4. The summed E-state index contributed by atoms with van der Waals surface area (Å²) in [5.74, 6) is -0.207. The van der Waals surface area contributed by atoms with Gasteiger partial charge in [-0.05, 0) is 17.7 Å². The molecule has 0 N–H and O–H groups in total. The molecular formula is C20H18N4O5S. The standard InChI is InChI=1S/C20H18N4O5S/c25-20(16-8-10-22-29-16)23-12-15-17(13-23)28-19-18(7-4-9-21-19)30(26,27)24(15)11-14-5-2-1-3-6-14/h1-10,15,17H,11-13H2/t15-,17-/m1/s1. The summed E-state index contributed by atoms with van der Waals surface area (Å²) in [5, 5.41) is 3.57. The minimum absolute atomic E-state index is 0.0310. The topological polar surface area (TPSA) is 106 Å². The first-order valence-electron chi connectivity index (χ1n) is 9.41. The molecule has 0 unspecified atom stereocenters. The Hall–Kier alpha value is -3.24. The summed E-state index contributed by atoms with van der Waals surface area (Å²) >= 11 is 0. The van der Waals surface area contributed by atoms with Gasteiger partial charge in [0.2, 0.25) is 21.7 Å². The molecule has 0 spiro atoms. The number of amides is 1. The predicted octanol–water partition coefficient (Wildman–Crippen LogP) is 1.55. The molecule has 9 nitrogen and oxygen atoms in total. The number of sulfonamides is 1. The van der Waals surface area contributed by atoms with E-state index in [-0.39, 0.29) is 42.1 Å². The van der Waals surface area contributed by atoms with Gasteiger partial charge in [-0.2, -0.15) is 4.31 Å². The molecule has 0 saturated carbocycles. The van der Waals surface area contributed by atoms with Crippen LogP contribution in [0.4, 0.5) is 0 Å². The van der Waals surface area contributed by atoms with E-state index in [0.717, 1.165) is 5.56 Å². The van der Waals surface area contributed by atoms with Crippen LogP contribution in [-0.4, -0.2) is 58.9 Å². The SMILES string of the molecule is O=C(c1ccno1)N1C[C@@H]2[C@@H](C1)Oc1ncccc1S(=O)(=O)N2Cc1ccccc1. The quantitative estimate of drug-likeness (QED) is 0.625. The number of fused-ring (bicyclic) bond motifs is 2. The van der Waals surface area contributed by atoms with Crippen molar-refractivity contribution in [3.05, 3.63) is 72.2 Å². The van der Waals surface area contributed by atoms with Crippen molar-refractivity contribution in [2.24, 2.45) is 0 Å². The van der Waals surface area contributed by atoms with Crippen molar-refractivity contribution in [3.8, 4) is 5.88 Å². The molecule has 2 aromatic heterocycles. The Morgan fingerprint density at radius 2 is 1.90 bits per heavy atom. The second-order valence-corrected chi connectivity index (χ2v) is 9.01. The molecule has 2 aliphatic rings. The fourth-order valence-corrected chi connectivity index (χ4v) is 5.57. The molecule has 3 aromatic rings. The number of likely N-dealkylation sites (tertiary alicyclic amines) is 1. The van der Waals surface area contributed by atoms with Crippen LogP contribution in [-0.2, 0) is 16.6 Å². The van der Waals surface area contributed by atoms with Gasteiger partial charge in [-0.3, -0.25) is 4.79 Å². The van der Waals surface area contributed by atoms with E-state index in [1.807, 2.05) is 30.3 Å². The summed E-state index contributed by atoms with van der Waals surface area (Å²) in [7, 11) is -3.90. The lowest BCUT2D eigenvalue weighted by Crippen LogP contribution is -2.46. The van der Waals surface area contributed by atoms with Gasteiger partial charge in [0.05, 0.1) is 18.8 Å². The van der Waals surface area contributed by atoms with Crippen LogP contribution in [0.5, 0.6) is 5.88 Å². The summed E-state index contributed by atoms with van der Waals surface area (Å²) in [6.45, 7) is 0.539. The van der Waals surface area contributed by atoms with E-state index in [2.05, 4.69) is 10.1 Å². The number of carbonyl (C=O) groups excluding carboxylic acids is 1. The Balaban J connectivity index is 1.55. The molecule has 5 rings (SSSR count). The van der Waals surface area contributed by atoms with Crippen molar-refractivity contribution < 1.29 is 22.5 Å². The average Bonchev–Trinajstić information content (AvgIpc) is 3.41. The Bertz CT molecular complexity index is 1170. The van der Waals surface area contributed by atoms with Gasteiger partial charge < -0.3 is 14.2 Å². The number of hydrogen-bond acceptors (Lipinski definition) is 7. The molecular weight excluding hydrogens is 408 g/mol. The highest BCUT2D eigenvalue weighted by Gasteiger charge is 2.49. The van der Waals surface area contributed by atoms with Gasteiger partial charge in [0.15, 0.2) is 0 Å². The average molecular weight is 426 g/mol. The summed E-state index contributed by atoms with van der Waals surface area (Å²) in [6.07, 6.45) is 2.32. The maximum atomic E-state index is 13.6. The molecule has 154 valence electrons. The molecule has 0 aliphatic carbocycles. The second-order valence-electron chi connectivity index (χ2n) is 7.15. The zero-order valence-corrected chi connectivity index (χ0v) is 16.6. The number of pyridine rings is 1. The second kappa shape index (κ2) is 7.22. The molecule has 0 radical (unpaired) electrons. The van der Waals surface area contributed by atoms with Crippen molar-refractivity contribution in [2.75, 3.05) is 13.1 Å². The zero-order chi connectivity index (χ0) is 20.7. The van der Waals surface area contributed by atoms with Gasteiger partial charge in [-0.1, -0.05) is 35.5 Å². The molecule has 1 aromatic carbocycles. The number of benzene rings is 1. The number of rotatable bonds is 3. The zero-order valence-electron chi connectivity index (χ0n) is 15.8. The summed E-state index contributed by atoms with van der Waals surface area (Å²) in [4.78, 5) is 18.5. The molecule has 10 heteroatoms. The lowest BCUT2D eigenvalue weighted by molar-refractivity contribution is 0.0729. The van der Waals surface area contributed by atoms with Crippen molar-refractivity contribution in [1.82, 2.24) is 19.3 Å². The van der Waals surface area contributed by atoms with E-state index < -0.39 is 22.2 Å². The van der Waals surface area contributed by atoms with Gasteiger partial charge >= 0.3 is 0 Å². The molecule has 30 heavy (non-hydrogen) atoms. The largest absolute Gasteiger partial charge is 0.470 e. The minimum Gasteiger partial charge on any atom is -0.470 e. The van der Waals surface area contributed by atoms with Crippen LogP contribution in [0.15, 0.2) is 70.3 Å². The summed E-state index contributed by atoms with van der Waals surface area (Å²) in [6, 6.07) is 13.3. The van der Waals surface area contributed by atoms with Crippen molar-refractivity contribution >= 4 is 15.9 Å². The van der Waals surface area contributed by atoms with Crippen molar-refractivity contribution in [3.63, 3.8) is 0 Å². The number of ether oxygens (including phenoxy) is 1. The van der Waals surface area contributed by atoms with Gasteiger partial charge in [0.1, 0.15) is 11.0 Å². The molecule has 0 bridgehead atoms. The van der Waals surface area contributed by atoms with Gasteiger partial charge in [0, 0.05) is 25.4 Å². The van der Waals surface area contributed by atoms with E-state index in [0.29, 0.717) is 0 Å². The molecule has 2 aliphatic heterocycles. The van der Waals surface area contributed by atoms with E-state index in [1.165, 1.54) is 33.7 Å². The fraction of sp³-hybridized carbons (Fsp3) is 0.250. The molecule has 4 heterocycles. The van der Waals surface area contributed by atoms with E-state index in [9.17, 15) is 13.2 Å². The summed E-state index contributed by atoms with van der Waals surface area (Å²) < 4.78 is 39.5. The molecule has 1 saturated heterocycles. The molecule has 1 fully saturated rings. The first kappa shape index (κ1) is 18.8. The normalized spacial score (nSPS) is 22.6. The highest BCUT2D eigenvalue weighted by atomic mass is 32.2. The number of aromatic nitrogens is 2.